The summed E-state index contributed by atoms with van der Waals surface area (Å²) in [5, 5.41) is 26.3. The van der Waals surface area contributed by atoms with Crippen LogP contribution in [-0.2, 0) is 0 Å². The molecule has 0 aromatic heterocycles. The van der Waals surface area contributed by atoms with Crippen molar-refractivity contribution in [2.75, 3.05) is 0 Å². The lowest BCUT2D eigenvalue weighted by atomic mass is 10.2. The second-order valence-electron chi connectivity index (χ2n) is 4.74. The molecular formula is C18H14N4O. The van der Waals surface area contributed by atoms with Crippen LogP contribution in [0.4, 0.5) is 22.7 Å². The van der Waals surface area contributed by atoms with E-state index in [-0.39, 0.29) is 5.75 Å². The largest absolute Gasteiger partial charge is 0.506 e. The molecule has 5 nitrogen and oxygen atoms in total. The van der Waals surface area contributed by atoms with Gasteiger partial charge in [-0.25, -0.2) is 0 Å². The van der Waals surface area contributed by atoms with Crippen LogP contribution >= 0.6 is 0 Å². The average molecular weight is 302 g/mol. The maximum absolute atomic E-state index is 9.87. The van der Waals surface area contributed by atoms with Crippen LogP contribution in [0.2, 0.25) is 0 Å². The van der Waals surface area contributed by atoms with Crippen LogP contribution in [0.5, 0.6) is 5.75 Å². The number of hydrogen-bond acceptors (Lipinski definition) is 5. The van der Waals surface area contributed by atoms with E-state index >= 15 is 0 Å². The lowest BCUT2D eigenvalue weighted by molar-refractivity contribution is 0.476. The van der Waals surface area contributed by atoms with Gasteiger partial charge in [-0.3, -0.25) is 0 Å². The van der Waals surface area contributed by atoms with Gasteiger partial charge in [0.2, 0.25) is 0 Å². The Labute approximate surface area is 133 Å². The van der Waals surface area contributed by atoms with Gasteiger partial charge in [-0.05, 0) is 42.5 Å². The number of benzene rings is 3. The Morgan fingerprint density at radius 2 is 1.04 bits per heavy atom. The molecule has 0 unspecified atom stereocenters. The molecule has 0 fully saturated rings. The molecule has 0 heterocycles. The molecule has 0 aliphatic rings. The standard InChI is InChI=1S/C18H14N4O/c23-18-12-11-16(21-19-14-7-3-1-4-8-14)13-17(18)22-20-15-9-5-2-6-10-15/h1-13,23H. The van der Waals surface area contributed by atoms with E-state index in [4.69, 9.17) is 0 Å². The molecule has 0 atom stereocenters. The Hall–Kier alpha value is -3.34. The highest BCUT2D eigenvalue weighted by atomic mass is 16.3. The third-order valence-electron chi connectivity index (χ3n) is 3.03. The molecule has 23 heavy (non-hydrogen) atoms. The Morgan fingerprint density at radius 3 is 1.65 bits per heavy atom. The minimum Gasteiger partial charge on any atom is -0.506 e. The Bertz CT molecular complexity index is 830. The number of rotatable bonds is 4. The highest BCUT2D eigenvalue weighted by Gasteiger charge is 2.02. The molecule has 3 aromatic carbocycles. The van der Waals surface area contributed by atoms with Gasteiger partial charge in [0.05, 0.1) is 17.1 Å². The smallest absolute Gasteiger partial charge is 0.143 e. The summed E-state index contributed by atoms with van der Waals surface area (Å²) in [6.07, 6.45) is 0. The van der Waals surface area contributed by atoms with E-state index in [2.05, 4.69) is 20.5 Å². The molecule has 1 N–H and O–H groups in total. The maximum Gasteiger partial charge on any atom is 0.143 e. The Kier molecular flexibility index (Phi) is 4.49. The first-order valence-corrected chi connectivity index (χ1v) is 7.08. The summed E-state index contributed by atoms with van der Waals surface area (Å²) in [5.41, 5.74) is 2.41. The molecule has 0 bridgehead atoms. The SMILES string of the molecule is Oc1ccc(N=Nc2ccccc2)cc1N=Nc1ccccc1. The number of hydrogen-bond donors (Lipinski definition) is 1. The van der Waals surface area contributed by atoms with Gasteiger partial charge in [-0.1, -0.05) is 36.4 Å². The van der Waals surface area contributed by atoms with Crippen LogP contribution < -0.4 is 0 Å². The second kappa shape index (κ2) is 7.09. The summed E-state index contributed by atoms with van der Waals surface area (Å²) in [6, 6.07) is 23.6. The molecule has 0 saturated carbocycles. The van der Waals surface area contributed by atoms with E-state index in [0.29, 0.717) is 17.1 Å². The Balaban J connectivity index is 1.82. The molecule has 112 valence electrons. The van der Waals surface area contributed by atoms with Crippen LogP contribution in [0, 0.1) is 0 Å². The fraction of sp³-hybridized carbons (Fsp3) is 0. The van der Waals surface area contributed by atoms with Gasteiger partial charge in [0.1, 0.15) is 11.4 Å². The van der Waals surface area contributed by atoms with E-state index in [9.17, 15) is 5.11 Å². The maximum atomic E-state index is 9.87. The summed E-state index contributed by atoms with van der Waals surface area (Å²) >= 11 is 0. The molecule has 0 radical (unpaired) electrons. The molecule has 0 amide bonds. The van der Waals surface area contributed by atoms with Crippen LogP contribution in [0.25, 0.3) is 0 Å². The first kappa shape index (κ1) is 14.6. The van der Waals surface area contributed by atoms with Crippen molar-refractivity contribution in [2.24, 2.45) is 20.5 Å². The Morgan fingerprint density at radius 1 is 0.522 bits per heavy atom. The average Bonchev–Trinajstić information content (AvgIpc) is 2.62. The summed E-state index contributed by atoms with van der Waals surface area (Å²) in [4.78, 5) is 0. The minimum atomic E-state index is 0.0448. The number of azo groups is 2. The van der Waals surface area contributed by atoms with E-state index < -0.39 is 0 Å². The van der Waals surface area contributed by atoms with Gasteiger partial charge in [0.15, 0.2) is 0 Å². The van der Waals surface area contributed by atoms with Gasteiger partial charge in [0.25, 0.3) is 0 Å². The number of phenolic OH excluding ortho intramolecular Hbond substituents is 1. The fourth-order valence-corrected chi connectivity index (χ4v) is 1.87. The second-order valence-corrected chi connectivity index (χ2v) is 4.74. The molecule has 0 spiro atoms. The minimum absolute atomic E-state index is 0.0448. The van der Waals surface area contributed by atoms with Gasteiger partial charge >= 0.3 is 0 Å². The predicted octanol–water partition coefficient (Wildman–Crippen LogP) is 6.22. The van der Waals surface area contributed by atoms with Crippen LogP contribution in [-0.4, -0.2) is 5.11 Å². The van der Waals surface area contributed by atoms with E-state index in [1.54, 1.807) is 12.1 Å². The zero-order valence-electron chi connectivity index (χ0n) is 12.2. The highest BCUT2D eigenvalue weighted by molar-refractivity contribution is 5.59. The van der Waals surface area contributed by atoms with Crippen molar-refractivity contribution in [1.82, 2.24) is 0 Å². The van der Waals surface area contributed by atoms with E-state index in [1.807, 2.05) is 60.7 Å². The monoisotopic (exact) mass is 302 g/mol. The first-order valence-electron chi connectivity index (χ1n) is 7.08. The molecule has 3 aromatic rings. The number of phenols is 1. The van der Waals surface area contributed by atoms with Gasteiger partial charge in [-0.15, -0.1) is 5.11 Å². The lowest BCUT2D eigenvalue weighted by Gasteiger charge is -1.99. The highest BCUT2D eigenvalue weighted by Crippen LogP contribution is 2.32. The molecule has 0 aliphatic carbocycles. The van der Waals surface area contributed by atoms with Gasteiger partial charge in [0, 0.05) is 0 Å². The van der Waals surface area contributed by atoms with Gasteiger partial charge in [-0.2, -0.15) is 15.3 Å². The topological polar surface area (TPSA) is 69.7 Å². The number of aromatic hydroxyl groups is 1. The molecular weight excluding hydrogens is 288 g/mol. The quantitative estimate of drug-likeness (QED) is 0.571. The van der Waals surface area contributed by atoms with Crippen molar-refractivity contribution >= 4 is 22.7 Å². The van der Waals surface area contributed by atoms with Crippen LogP contribution in [0.15, 0.2) is 99.3 Å². The van der Waals surface area contributed by atoms with Crippen molar-refractivity contribution < 1.29 is 5.11 Å². The molecule has 5 heteroatoms. The van der Waals surface area contributed by atoms with Crippen LogP contribution in [0.1, 0.15) is 0 Å². The third kappa shape index (κ3) is 4.07. The van der Waals surface area contributed by atoms with Crippen molar-refractivity contribution in [1.29, 1.82) is 0 Å². The van der Waals surface area contributed by atoms with Crippen LogP contribution in [0.3, 0.4) is 0 Å². The predicted molar refractivity (Wildman–Crippen MR) is 89.3 cm³/mol. The molecule has 0 saturated heterocycles. The van der Waals surface area contributed by atoms with Gasteiger partial charge < -0.3 is 5.11 Å². The fourth-order valence-electron chi connectivity index (χ4n) is 1.87. The van der Waals surface area contributed by atoms with E-state index in [0.717, 1.165) is 5.69 Å². The normalized spacial score (nSPS) is 11.3. The van der Waals surface area contributed by atoms with Crippen molar-refractivity contribution in [3.8, 4) is 5.75 Å². The van der Waals surface area contributed by atoms with Crippen molar-refractivity contribution in [3.63, 3.8) is 0 Å². The van der Waals surface area contributed by atoms with Crippen molar-refractivity contribution in [3.05, 3.63) is 78.9 Å². The summed E-state index contributed by atoms with van der Waals surface area (Å²) in [5.74, 6) is 0.0448. The molecule has 3 rings (SSSR count). The molecule has 0 aliphatic heterocycles. The van der Waals surface area contributed by atoms with Crippen molar-refractivity contribution in [2.45, 2.75) is 0 Å². The summed E-state index contributed by atoms with van der Waals surface area (Å²) < 4.78 is 0. The van der Waals surface area contributed by atoms with E-state index in [1.165, 1.54) is 6.07 Å². The lowest BCUT2D eigenvalue weighted by Crippen LogP contribution is -1.69. The zero-order valence-corrected chi connectivity index (χ0v) is 12.2. The first-order chi connectivity index (χ1) is 11.3. The summed E-state index contributed by atoms with van der Waals surface area (Å²) in [6.45, 7) is 0. The summed E-state index contributed by atoms with van der Waals surface area (Å²) in [7, 11) is 0. The zero-order chi connectivity index (χ0) is 15.9. The number of nitrogens with zero attached hydrogens (tertiary/aromatic N) is 4. The third-order valence-corrected chi connectivity index (χ3v) is 3.03.